The third kappa shape index (κ3) is 17.7. The molecule has 4 fully saturated rings. The van der Waals surface area contributed by atoms with Gasteiger partial charge in [-0.05, 0) is 147 Å². The molecule has 0 heteroatoms. The van der Waals surface area contributed by atoms with Gasteiger partial charge in [0.25, 0.3) is 0 Å². The number of hydrogen-bond acceptors (Lipinski definition) is 0. The lowest BCUT2D eigenvalue weighted by molar-refractivity contribution is 0.220. The van der Waals surface area contributed by atoms with Gasteiger partial charge in [-0.2, -0.15) is 0 Å². The Hall–Kier alpha value is -0.260. The first kappa shape index (κ1) is 46.4. The van der Waals surface area contributed by atoms with Crippen LogP contribution in [0, 0.1) is 75.9 Å². The van der Waals surface area contributed by atoms with Crippen molar-refractivity contribution in [3.05, 3.63) is 11.6 Å². The Morgan fingerprint density at radius 3 is 1.83 bits per heavy atom. The van der Waals surface area contributed by atoms with Crippen LogP contribution in [0.1, 0.15) is 255 Å². The van der Waals surface area contributed by atoms with Crippen LogP contribution in [0.2, 0.25) is 0 Å². The van der Waals surface area contributed by atoms with Gasteiger partial charge >= 0.3 is 0 Å². The van der Waals surface area contributed by atoms with Gasteiger partial charge in [0.1, 0.15) is 0 Å². The van der Waals surface area contributed by atoms with Gasteiger partial charge in [-0.25, -0.2) is 0 Å². The largest absolute Gasteiger partial charge is 0.0856 e. The molecule has 0 aliphatic heterocycles. The van der Waals surface area contributed by atoms with E-state index in [2.05, 4.69) is 75.3 Å². The lowest BCUT2D eigenvalue weighted by Crippen LogP contribution is -2.19. The fraction of sp³-hybridized carbons (Fsp3) is 0.963. The SMILES string of the molecule is CC(=CCCCCCC1CC1(C)C)CC(C)CCCC(C)CC(C)CCCCCCCCCC1CC1(C)C(C)C(C)CCCCC1CC1C(C)CC1CC1. The summed E-state index contributed by atoms with van der Waals surface area (Å²) >= 11 is 0. The number of rotatable bonds is 34. The van der Waals surface area contributed by atoms with E-state index < -0.39 is 0 Å². The summed E-state index contributed by atoms with van der Waals surface area (Å²) in [7, 11) is 0. The third-order valence-corrected chi connectivity index (χ3v) is 17.0. The highest BCUT2D eigenvalue weighted by atomic mass is 14.6. The smallest absolute Gasteiger partial charge is 0.0266 e. The summed E-state index contributed by atoms with van der Waals surface area (Å²) in [4.78, 5) is 0. The zero-order valence-electron chi connectivity index (χ0n) is 38.9. The average Bonchev–Trinajstić information content (AvgIpc) is 3.95. The fourth-order valence-corrected chi connectivity index (χ4v) is 12.0. The Morgan fingerprint density at radius 1 is 0.611 bits per heavy atom. The summed E-state index contributed by atoms with van der Waals surface area (Å²) in [6, 6.07) is 0. The van der Waals surface area contributed by atoms with E-state index in [-0.39, 0.29) is 0 Å². The molecule has 0 aromatic carbocycles. The van der Waals surface area contributed by atoms with E-state index in [1.165, 1.54) is 173 Å². The summed E-state index contributed by atoms with van der Waals surface area (Å²) in [5, 5.41) is 0. The van der Waals surface area contributed by atoms with E-state index in [0.29, 0.717) is 10.8 Å². The molecule has 0 nitrogen and oxygen atoms in total. The number of hydrogen-bond donors (Lipinski definition) is 0. The van der Waals surface area contributed by atoms with Crippen molar-refractivity contribution in [3.8, 4) is 0 Å². The Kier molecular flexibility index (Phi) is 20.1. The second-order valence-corrected chi connectivity index (χ2v) is 23.1. The number of allylic oxidation sites excluding steroid dienone is 2. The molecule has 0 aromatic heterocycles. The van der Waals surface area contributed by atoms with Crippen molar-refractivity contribution in [1.29, 1.82) is 0 Å². The van der Waals surface area contributed by atoms with E-state index in [4.69, 9.17) is 0 Å². The molecule has 0 aromatic rings. The Balaban J connectivity index is 0.886. The van der Waals surface area contributed by atoms with E-state index >= 15 is 0 Å². The van der Waals surface area contributed by atoms with Crippen LogP contribution in [0.25, 0.3) is 0 Å². The quantitative estimate of drug-likeness (QED) is 0.0454. The molecular formula is C54H100. The molecular weight excluding hydrogens is 649 g/mol. The van der Waals surface area contributed by atoms with Crippen LogP contribution in [0.15, 0.2) is 11.6 Å². The predicted octanol–water partition coefficient (Wildman–Crippen LogP) is 18.2. The molecule has 11 atom stereocenters. The second-order valence-electron chi connectivity index (χ2n) is 23.1. The second kappa shape index (κ2) is 23.4. The first-order valence-electron chi connectivity index (χ1n) is 25.4. The van der Waals surface area contributed by atoms with Gasteiger partial charge < -0.3 is 0 Å². The Morgan fingerprint density at radius 2 is 1.17 bits per heavy atom. The highest BCUT2D eigenvalue weighted by Crippen LogP contribution is 2.62. The molecule has 4 aliphatic carbocycles. The molecule has 0 amide bonds. The summed E-state index contributed by atoms with van der Waals surface area (Å²) in [5.74, 6) is 10.9. The molecule has 0 bridgehead atoms. The van der Waals surface area contributed by atoms with Gasteiger partial charge in [0.05, 0.1) is 0 Å². The van der Waals surface area contributed by atoms with E-state index in [1.807, 2.05) is 0 Å². The van der Waals surface area contributed by atoms with E-state index in [9.17, 15) is 0 Å². The molecule has 316 valence electrons. The van der Waals surface area contributed by atoms with Gasteiger partial charge in [0.2, 0.25) is 0 Å². The van der Waals surface area contributed by atoms with Gasteiger partial charge in [-0.3, -0.25) is 0 Å². The maximum absolute atomic E-state index is 2.65. The van der Waals surface area contributed by atoms with Gasteiger partial charge in [-0.1, -0.05) is 196 Å². The van der Waals surface area contributed by atoms with Crippen LogP contribution in [0.4, 0.5) is 0 Å². The van der Waals surface area contributed by atoms with Crippen molar-refractivity contribution >= 4 is 0 Å². The topological polar surface area (TPSA) is 0 Å². The molecule has 0 radical (unpaired) electrons. The van der Waals surface area contributed by atoms with Gasteiger partial charge in [0.15, 0.2) is 0 Å². The lowest BCUT2D eigenvalue weighted by atomic mass is 9.78. The minimum atomic E-state index is 0.661. The van der Waals surface area contributed by atoms with Crippen LogP contribution >= 0.6 is 0 Å². The van der Waals surface area contributed by atoms with Crippen LogP contribution in [0.5, 0.6) is 0 Å². The molecule has 4 rings (SSSR count). The zero-order chi connectivity index (χ0) is 39.1. The van der Waals surface area contributed by atoms with Crippen LogP contribution in [-0.4, -0.2) is 0 Å². The highest BCUT2D eigenvalue weighted by molar-refractivity contribution is 5.03. The summed E-state index contributed by atoms with van der Waals surface area (Å²) in [6.07, 6.45) is 45.2. The third-order valence-electron chi connectivity index (χ3n) is 17.0. The summed E-state index contributed by atoms with van der Waals surface area (Å²) in [5.41, 5.74) is 2.98. The van der Waals surface area contributed by atoms with Crippen molar-refractivity contribution in [2.24, 2.45) is 75.9 Å². The Bertz CT molecular complexity index is 1030. The van der Waals surface area contributed by atoms with Crippen molar-refractivity contribution < 1.29 is 0 Å². The van der Waals surface area contributed by atoms with Crippen molar-refractivity contribution in [2.45, 2.75) is 255 Å². The summed E-state index contributed by atoms with van der Waals surface area (Å²) in [6.45, 7) is 25.3. The van der Waals surface area contributed by atoms with Crippen LogP contribution in [0.3, 0.4) is 0 Å². The molecule has 0 heterocycles. The van der Waals surface area contributed by atoms with Crippen LogP contribution < -0.4 is 0 Å². The molecule has 4 aliphatic rings. The van der Waals surface area contributed by atoms with Gasteiger partial charge in [0, 0.05) is 0 Å². The minimum absolute atomic E-state index is 0.661. The molecule has 0 spiro atoms. The number of unbranched alkanes of at least 4 members (excludes halogenated alkanes) is 10. The molecule has 0 saturated heterocycles. The monoisotopic (exact) mass is 749 g/mol. The first-order valence-corrected chi connectivity index (χ1v) is 25.4. The highest BCUT2D eigenvalue weighted by Gasteiger charge is 2.53. The standard InChI is InChI=1S/C54H100/c1-41(35-43(3)27-24-28-44(4)36-42(2)26-19-16-17-20-31-50-39-53(50,8)9)25-18-14-12-11-13-15-21-32-51-40-54(51,10)47(7)45(5)29-22-23-30-49-38-52(49)46(6)37-48-33-34-48/h26,41,43-52H,11-25,27-40H2,1-10H3. The van der Waals surface area contributed by atoms with E-state index in [0.717, 1.165) is 65.1 Å². The maximum Gasteiger partial charge on any atom is -0.0266 e. The molecule has 54 heavy (non-hydrogen) atoms. The van der Waals surface area contributed by atoms with E-state index in [1.54, 1.807) is 18.4 Å². The molecule has 4 saturated carbocycles. The zero-order valence-corrected chi connectivity index (χ0v) is 38.9. The molecule has 0 N–H and O–H groups in total. The first-order chi connectivity index (χ1) is 25.8. The molecule has 11 unspecified atom stereocenters. The van der Waals surface area contributed by atoms with Crippen LogP contribution in [-0.2, 0) is 0 Å². The summed E-state index contributed by atoms with van der Waals surface area (Å²) < 4.78 is 0. The van der Waals surface area contributed by atoms with Crippen molar-refractivity contribution in [3.63, 3.8) is 0 Å². The minimum Gasteiger partial charge on any atom is -0.0856 e. The lowest BCUT2D eigenvalue weighted by Gasteiger charge is -2.27. The normalized spacial score (nSPS) is 29.4. The fourth-order valence-electron chi connectivity index (χ4n) is 12.0. The van der Waals surface area contributed by atoms with Gasteiger partial charge in [-0.15, -0.1) is 0 Å². The average molecular weight is 749 g/mol. The maximum atomic E-state index is 2.65. The van der Waals surface area contributed by atoms with Crippen molar-refractivity contribution in [1.82, 2.24) is 0 Å². The predicted molar refractivity (Wildman–Crippen MR) is 242 cm³/mol. The van der Waals surface area contributed by atoms with Crippen molar-refractivity contribution in [2.75, 3.05) is 0 Å². The Labute approximate surface area is 341 Å².